The van der Waals surface area contributed by atoms with Crippen molar-refractivity contribution >= 4 is 51.5 Å². The fourth-order valence-electron chi connectivity index (χ4n) is 7.27. The maximum Gasteiger partial charge on any atom is 0.410 e. The van der Waals surface area contributed by atoms with E-state index in [-0.39, 0.29) is 48.8 Å². The number of nitrogens with zero attached hydrogens (tertiary/aromatic N) is 2. The molecule has 4 aliphatic rings. The van der Waals surface area contributed by atoms with E-state index in [2.05, 4.69) is 15.4 Å². The molecule has 0 radical (unpaired) electrons. The van der Waals surface area contributed by atoms with Gasteiger partial charge in [0.05, 0.1) is 18.1 Å². The molecule has 1 aliphatic carbocycles. The molecule has 3 N–H and O–H groups in total. The number of ether oxygens (including phenoxy) is 2. The molecular weight excluding hydrogens is 757 g/mol. The van der Waals surface area contributed by atoms with Crippen molar-refractivity contribution in [3.8, 4) is 0 Å². The fourth-order valence-corrected chi connectivity index (χ4v) is 8.83. The average Bonchev–Trinajstić information content (AvgIpc) is 3.40. The summed E-state index contributed by atoms with van der Waals surface area (Å²) in [5.41, 5.74) is -1.54. The van der Waals surface area contributed by atoms with E-state index in [0.717, 1.165) is 6.42 Å². The number of hydrogen-bond donors (Lipinski definition) is 3. The number of hydrogen-bond acceptors (Lipinski definition) is 9. The summed E-state index contributed by atoms with van der Waals surface area (Å²) in [5.74, 6) is -3.41. The highest BCUT2D eigenvalue weighted by Crippen LogP contribution is 2.46. The van der Waals surface area contributed by atoms with Crippen LogP contribution in [0.1, 0.15) is 76.8 Å². The lowest BCUT2D eigenvalue weighted by Gasteiger charge is -2.30. The van der Waals surface area contributed by atoms with E-state index < -0.39 is 81.0 Å². The van der Waals surface area contributed by atoms with Crippen LogP contribution in [0.3, 0.4) is 0 Å². The maximum atomic E-state index is 14.5. The summed E-state index contributed by atoms with van der Waals surface area (Å²) in [4.78, 5) is 71.1. The predicted molar refractivity (Wildman–Crippen MR) is 197 cm³/mol. The summed E-state index contributed by atoms with van der Waals surface area (Å²) in [6.07, 6.45) is 3.75. The normalized spacial score (nSPS) is 26.3. The van der Waals surface area contributed by atoms with Crippen LogP contribution in [0.2, 0.25) is 5.02 Å². The Morgan fingerprint density at radius 2 is 1.80 bits per heavy atom. The number of allylic oxidation sites excluding steroid dienone is 1. The topological polar surface area (TPSA) is 181 Å². The Labute approximate surface area is 324 Å². The Bertz CT molecular complexity index is 2010. The highest BCUT2D eigenvalue weighted by atomic mass is 35.5. The number of rotatable bonds is 5. The van der Waals surface area contributed by atoms with Crippen molar-refractivity contribution in [1.29, 1.82) is 0 Å². The van der Waals surface area contributed by atoms with Crippen LogP contribution in [0.5, 0.6) is 0 Å². The third-order valence-electron chi connectivity index (χ3n) is 10.1. The second-order valence-electron chi connectivity index (χ2n) is 15.4. The summed E-state index contributed by atoms with van der Waals surface area (Å²) in [6.45, 7) is 4.91. The Hall–Kier alpha value is -4.70. The lowest BCUT2D eigenvalue weighted by Crippen LogP contribution is -2.58. The predicted octanol–water partition coefficient (Wildman–Crippen LogP) is 4.69. The van der Waals surface area contributed by atoms with Gasteiger partial charge in [-0.15, -0.1) is 0 Å². The fraction of sp³-hybridized carbons (Fsp3) is 0.500. The van der Waals surface area contributed by atoms with Gasteiger partial charge >= 0.3 is 12.2 Å². The highest BCUT2D eigenvalue weighted by molar-refractivity contribution is 7.90. The zero-order valence-electron chi connectivity index (χ0n) is 30.8. The number of amides is 5. The second kappa shape index (κ2) is 15.8. The van der Waals surface area contributed by atoms with Gasteiger partial charge < -0.3 is 25.0 Å². The summed E-state index contributed by atoms with van der Waals surface area (Å²) in [5, 5.41) is 5.31. The number of carbonyl (C=O) groups excluding carboxylic acids is 5. The van der Waals surface area contributed by atoms with Gasteiger partial charge in [-0.2, -0.15) is 0 Å². The standard InChI is InChI=1S/C38H45ClFN5O9S/c1-37(2,3)54-35(49)41-29-16-8-6-4-5-7-13-24-19-38(24,34(48)43-55(51,52)31-17-10-9-14-27(31)39)42-32(46)30-18-25(21-45(30)33(29)47)53-36(50)44-20-23-12-11-15-28(40)26(23)22-44/h7,9-15,17,24-25,29-30H,4-6,8,16,18-22H2,1-3H3,(H,41,49)(H,42,46)(H,43,48)/b13-7-/t24-,25-,29+,30+,38-/m1/s1. The number of alkyl carbamates (subject to hydrolysis) is 1. The Morgan fingerprint density at radius 1 is 1.04 bits per heavy atom. The van der Waals surface area contributed by atoms with Crippen LogP contribution < -0.4 is 15.4 Å². The lowest BCUT2D eigenvalue weighted by atomic mass is 10.0. The van der Waals surface area contributed by atoms with Gasteiger partial charge in [0.2, 0.25) is 11.8 Å². The van der Waals surface area contributed by atoms with Crippen LogP contribution >= 0.6 is 11.6 Å². The third-order valence-corrected chi connectivity index (χ3v) is 12.0. The van der Waals surface area contributed by atoms with Crippen molar-refractivity contribution in [2.24, 2.45) is 5.92 Å². The molecule has 0 bridgehead atoms. The monoisotopic (exact) mass is 801 g/mol. The molecule has 5 amide bonds. The van der Waals surface area contributed by atoms with Gasteiger partial charge in [0, 0.05) is 24.4 Å². The molecular formula is C38H45ClFN5O9S. The van der Waals surface area contributed by atoms with E-state index in [0.29, 0.717) is 30.4 Å². The van der Waals surface area contributed by atoms with Gasteiger partial charge in [0.25, 0.3) is 15.9 Å². The van der Waals surface area contributed by atoms with Crippen LogP contribution in [0.15, 0.2) is 59.5 Å². The molecule has 17 heteroatoms. The van der Waals surface area contributed by atoms with Gasteiger partial charge in [-0.1, -0.05) is 60.9 Å². The van der Waals surface area contributed by atoms with Crippen LogP contribution in [0, 0.1) is 11.7 Å². The van der Waals surface area contributed by atoms with Gasteiger partial charge in [0.1, 0.15) is 40.0 Å². The van der Waals surface area contributed by atoms with Crippen molar-refractivity contribution < 1.29 is 46.3 Å². The van der Waals surface area contributed by atoms with E-state index in [4.69, 9.17) is 21.1 Å². The van der Waals surface area contributed by atoms with E-state index in [1.165, 1.54) is 34.1 Å². The van der Waals surface area contributed by atoms with E-state index in [1.807, 2.05) is 6.08 Å². The SMILES string of the molecule is CC(C)(C)OC(=O)N[C@H]1CCCCC/C=C\[C@@H]2C[C@@]2(C(=O)NS(=O)(=O)c2ccccc2Cl)NC(=O)[C@@H]2C[C@@H](OC(=O)N3Cc4cccc(F)c4C3)CN2C1=O. The molecule has 55 heavy (non-hydrogen) atoms. The molecule has 2 aromatic carbocycles. The molecule has 2 fully saturated rings. The number of fused-ring (bicyclic) bond motifs is 3. The van der Waals surface area contributed by atoms with Crippen molar-refractivity contribution in [3.05, 3.63) is 76.6 Å². The maximum absolute atomic E-state index is 14.5. The molecule has 296 valence electrons. The first-order valence-electron chi connectivity index (χ1n) is 18.3. The van der Waals surface area contributed by atoms with Crippen LogP contribution in [-0.2, 0) is 47.0 Å². The number of halogens is 2. The molecule has 0 aromatic heterocycles. The quantitative estimate of drug-likeness (QED) is 0.362. The first-order chi connectivity index (χ1) is 26.0. The van der Waals surface area contributed by atoms with Crippen molar-refractivity contribution in [2.75, 3.05) is 6.54 Å². The number of benzene rings is 2. The zero-order chi connectivity index (χ0) is 39.7. The van der Waals surface area contributed by atoms with Crippen LogP contribution in [0.4, 0.5) is 14.0 Å². The van der Waals surface area contributed by atoms with E-state index >= 15 is 0 Å². The Balaban J connectivity index is 1.27. The minimum atomic E-state index is -4.45. The molecule has 3 aliphatic heterocycles. The number of sulfonamides is 1. The van der Waals surface area contributed by atoms with E-state index in [9.17, 15) is 36.8 Å². The molecule has 14 nitrogen and oxygen atoms in total. The van der Waals surface area contributed by atoms with E-state index in [1.54, 1.807) is 45.0 Å². The first kappa shape index (κ1) is 40.0. The molecule has 1 saturated carbocycles. The minimum Gasteiger partial charge on any atom is -0.444 e. The van der Waals surface area contributed by atoms with Crippen molar-refractivity contribution in [3.63, 3.8) is 0 Å². The molecule has 2 aromatic rings. The third kappa shape index (κ3) is 9.07. The van der Waals surface area contributed by atoms with Crippen molar-refractivity contribution in [2.45, 2.75) is 113 Å². The molecule has 3 heterocycles. The molecule has 0 unspecified atom stereocenters. The number of nitrogens with one attached hydrogen (secondary N) is 3. The number of carbonyl (C=O) groups is 5. The average molecular weight is 802 g/mol. The molecule has 0 spiro atoms. The highest BCUT2D eigenvalue weighted by Gasteiger charge is 2.62. The summed E-state index contributed by atoms with van der Waals surface area (Å²) < 4.78 is 54.4. The second-order valence-corrected chi connectivity index (χ2v) is 17.4. The van der Waals surface area contributed by atoms with Crippen molar-refractivity contribution in [1.82, 2.24) is 25.2 Å². The minimum absolute atomic E-state index is 0.0222. The molecule has 5 atom stereocenters. The lowest BCUT2D eigenvalue weighted by molar-refractivity contribution is -0.141. The van der Waals surface area contributed by atoms with Gasteiger partial charge in [-0.3, -0.25) is 19.3 Å². The first-order valence-corrected chi connectivity index (χ1v) is 20.2. The summed E-state index contributed by atoms with van der Waals surface area (Å²) >= 11 is 6.14. The van der Waals surface area contributed by atoms with Crippen LogP contribution in [-0.4, -0.2) is 84.0 Å². The summed E-state index contributed by atoms with van der Waals surface area (Å²) in [7, 11) is -4.45. The van der Waals surface area contributed by atoms with Gasteiger partial charge in [0.15, 0.2) is 0 Å². The summed E-state index contributed by atoms with van der Waals surface area (Å²) in [6, 6.07) is 7.79. The largest absolute Gasteiger partial charge is 0.444 e. The smallest absolute Gasteiger partial charge is 0.410 e. The van der Waals surface area contributed by atoms with Gasteiger partial charge in [-0.05, 0) is 70.2 Å². The molecule has 6 rings (SSSR count). The van der Waals surface area contributed by atoms with Gasteiger partial charge in [-0.25, -0.2) is 27.1 Å². The Morgan fingerprint density at radius 3 is 2.53 bits per heavy atom. The molecule has 1 saturated heterocycles. The van der Waals surface area contributed by atoms with Crippen LogP contribution in [0.25, 0.3) is 0 Å². The Kier molecular flexibility index (Phi) is 11.5. The zero-order valence-corrected chi connectivity index (χ0v) is 32.4.